The predicted octanol–water partition coefficient (Wildman–Crippen LogP) is 4.44. The number of nitrogens with one attached hydrogen (secondary N) is 3. The number of azo groups is 1. The van der Waals surface area contributed by atoms with E-state index in [0.29, 0.717) is 18.7 Å². The predicted molar refractivity (Wildman–Crippen MR) is 187 cm³/mol. The molecule has 3 amide bonds. The van der Waals surface area contributed by atoms with E-state index in [0.717, 1.165) is 52.1 Å². The van der Waals surface area contributed by atoms with Gasteiger partial charge in [-0.2, -0.15) is 10.2 Å². The van der Waals surface area contributed by atoms with E-state index in [1.54, 1.807) is 0 Å². The number of halogens is 1. The maximum absolute atomic E-state index is 13.2. The molecule has 1 atom stereocenters. The number of rotatable bonds is 21. The van der Waals surface area contributed by atoms with Crippen molar-refractivity contribution in [3.05, 3.63) is 52.0 Å². The molecule has 0 radical (unpaired) electrons. The largest absolute Gasteiger partial charge is 0.495 e. The summed E-state index contributed by atoms with van der Waals surface area (Å²) in [5.41, 5.74) is 1.01. The van der Waals surface area contributed by atoms with E-state index in [1.165, 1.54) is 44.4 Å². The summed E-state index contributed by atoms with van der Waals surface area (Å²) in [6.45, 7) is 15.4. The zero-order valence-corrected chi connectivity index (χ0v) is 29.7. The Kier molecular flexibility index (Phi) is 17.7. The Morgan fingerprint density at radius 2 is 1.38 bits per heavy atom. The Hall–Kier alpha value is -3.91. The van der Waals surface area contributed by atoms with Gasteiger partial charge >= 0.3 is 0 Å². The molecule has 0 aliphatic rings. The van der Waals surface area contributed by atoms with Crippen LogP contribution in [0.5, 0.6) is 5.75 Å². The molecule has 0 aromatic heterocycles. The van der Waals surface area contributed by atoms with Gasteiger partial charge in [0.1, 0.15) is 5.75 Å². The van der Waals surface area contributed by atoms with Crippen LogP contribution < -0.4 is 20.7 Å². The van der Waals surface area contributed by atoms with Crippen molar-refractivity contribution in [3.63, 3.8) is 0 Å². The zero-order chi connectivity index (χ0) is 35.6. The van der Waals surface area contributed by atoms with Crippen LogP contribution in [-0.2, 0) is 16.2 Å². The lowest BCUT2D eigenvalue weighted by Gasteiger charge is -2.18. The molecular formula is C34H50ClN7O6. The van der Waals surface area contributed by atoms with Gasteiger partial charge in [0, 0.05) is 35.3 Å². The van der Waals surface area contributed by atoms with Crippen molar-refractivity contribution in [2.75, 3.05) is 64.8 Å². The fourth-order valence-corrected chi connectivity index (χ4v) is 5.07. The van der Waals surface area contributed by atoms with Gasteiger partial charge < -0.3 is 35.6 Å². The van der Waals surface area contributed by atoms with Crippen LogP contribution in [0.3, 0.4) is 0 Å². The van der Waals surface area contributed by atoms with Crippen molar-refractivity contribution < 1.29 is 29.0 Å². The number of ether oxygens (including phenoxy) is 1. The molecule has 1 unspecified atom stereocenters. The maximum Gasteiger partial charge on any atom is 0.258 e. The van der Waals surface area contributed by atoms with Crippen LogP contribution in [0, 0.1) is 0 Å². The molecule has 13 nitrogen and oxygen atoms in total. The monoisotopic (exact) mass is 687 g/mol. The fourth-order valence-electron chi connectivity index (χ4n) is 4.86. The molecule has 14 heteroatoms. The Morgan fingerprint density at radius 3 is 1.81 bits per heavy atom. The first-order valence-corrected chi connectivity index (χ1v) is 16.7. The Labute approximate surface area is 288 Å². The number of hydrogen-bond donors (Lipinski definition) is 4. The van der Waals surface area contributed by atoms with E-state index in [9.17, 15) is 24.3 Å². The number of anilines is 1. The number of nitrogens with zero attached hydrogens (tertiary/aromatic N) is 4. The van der Waals surface area contributed by atoms with Gasteiger partial charge in [0.15, 0.2) is 5.78 Å². The number of benzene rings is 2. The van der Waals surface area contributed by atoms with E-state index in [2.05, 4.69) is 63.7 Å². The van der Waals surface area contributed by atoms with Gasteiger partial charge in [-0.15, -0.1) is 0 Å². The number of aliphatic hydroxyl groups is 1. The number of methoxy groups -OCH3 is 1. The van der Waals surface area contributed by atoms with E-state index in [-0.39, 0.29) is 39.9 Å². The summed E-state index contributed by atoms with van der Waals surface area (Å²) in [4.78, 5) is 56.5. The molecule has 48 heavy (non-hydrogen) atoms. The summed E-state index contributed by atoms with van der Waals surface area (Å²) in [6, 6.07) is 5.70. The van der Waals surface area contributed by atoms with Gasteiger partial charge in [0.05, 0.1) is 25.1 Å². The fraction of sp³-hybridized carbons (Fsp3) is 0.529. The van der Waals surface area contributed by atoms with Crippen molar-refractivity contribution in [1.82, 2.24) is 20.4 Å². The van der Waals surface area contributed by atoms with Gasteiger partial charge in [-0.3, -0.25) is 19.2 Å². The average molecular weight is 688 g/mol. The molecule has 2 rings (SSSR count). The minimum absolute atomic E-state index is 0.116. The van der Waals surface area contributed by atoms with Gasteiger partial charge in [-0.25, -0.2) is 0 Å². The van der Waals surface area contributed by atoms with E-state index < -0.39 is 29.5 Å². The molecule has 0 saturated heterocycles. The van der Waals surface area contributed by atoms with E-state index in [4.69, 9.17) is 16.3 Å². The summed E-state index contributed by atoms with van der Waals surface area (Å²) in [5.74, 6) is -1.97. The lowest BCUT2D eigenvalue weighted by molar-refractivity contribution is -0.126. The van der Waals surface area contributed by atoms with Crippen LogP contribution in [0.25, 0.3) is 0 Å². The molecule has 0 saturated carbocycles. The highest BCUT2D eigenvalue weighted by Gasteiger charge is 2.25. The van der Waals surface area contributed by atoms with Crippen molar-refractivity contribution >= 4 is 46.5 Å². The molecule has 0 aliphatic carbocycles. The molecular weight excluding hydrogens is 638 g/mol. The standard InChI is InChI=1S/C34H50ClN7O6/c1-7-41(8-2)15-11-13-36-32(45)24-17-25(33(46)37-14-12-16-42(9-3)10-4)19-27(18-24)39-40-31(23(5)44)34(47)38-29-20-26(22-43)28(35)21-30(29)48-6/h17-21,31,43H,7-16,22H2,1-6H3,(H,36,45)(H,37,46)(H,38,47)/b40-39-. The number of hydrogen-bond acceptors (Lipinski definition) is 10. The maximum atomic E-state index is 13.2. The summed E-state index contributed by atoms with van der Waals surface area (Å²) in [6.07, 6.45) is 1.50. The highest BCUT2D eigenvalue weighted by atomic mass is 35.5. The Balaban J connectivity index is 2.32. The van der Waals surface area contributed by atoms with Crippen molar-refractivity contribution in [2.24, 2.45) is 10.2 Å². The van der Waals surface area contributed by atoms with E-state index in [1.807, 2.05) is 0 Å². The van der Waals surface area contributed by atoms with Crippen LogP contribution in [0.4, 0.5) is 11.4 Å². The first-order chi connectivity index (χ1) is 23.0. The van der Waals surface area contributed by atoms with Crippen LogP contribution in [0.2, 0.25) is 5.02 Å². The Bertz CT molecular complexity index is 1360. The smallest absolute Gasteiger partial charge is 0.258 e. The first-order valence-electron chi connectivity index (χ1n) is 16.4. The molecule has 0 spiro atoms. The topological polar surface area (TPSA) is 165 Å². The molecule has 2 aromatic carbocycles. The minimum Gasteiger partial charge on any atom is -0.495 e. The van der Waals surface area contributed by atoms with Crippen LogP contribution >= 0.6 is 11.6 Å². The third-order valence-corrected chi connectivity index (χ3v) is 8.18. The van der Waals surface area contributed by atoms with Crippen molar-refractivity contribution in [3.8, 4) is 5.75 Å². The quantitative estimate of drug-likeness (QED) is 0.0850. The number of carbonyl (C=O) groups is 4. The lowest BCUT2D eigenvalue weighted by atomic mass is 10.1. The van der Waals surface area contributed by atoms with E-state index >= 15 is 0 Å². The van der Waals surface area contributed by atoms with Gasteiger partial charge in [0.2, 0.25) is 6.04 Å². The second kappa shape index (κ2) is 21.1. The third kappa shape index (κ3) is 12.6. The first kappa shape index (κ1) is 40.3. The molecule has 0 bridgehead atoms. The van der Waals surface area contributed by atoms with Gasteiger partial charge in [-0.1, -0.05) is 39.3 Å². The lowest BCUT2D eigenvalue weighted by Crippen LogP contribution is -2.32. The molecule has 2 aromatic rings. The summed E-state index contributed by atoms with van der Waals surface area (Å²) >= 11 is 6.14. The SMILES string of the molecule is CCN(CC)CCCNC(=O)c1cc(/N=N\C(C(C)=O)C(=O)Nc2cc(CO)c(Cl)cc2OC)cc(C(=O)NCCCN(CC)CC)c1. The van der Waals surface area contributed by atoms with Crippen molar-refractivity contribution in [2.45, 2.75) is 60.1 Å². The average Bonchev–Trinajstić information content (AvgIpc) is 3.08. The highest BCUT2D eigenvalue weighted by Crippen LogP contribution is 2.32. The second-order valence-electron chi connectivity index (χ2n) is 11.1. The number of aliphatic hydroxyl groups excluding tert-OH is 1. The molecule has 0 heterocycles. The molecule has 264 valence electrons. The second-order valence-corrected chi connectivity index (χ2v) is 11.5. The summed E-state index contributed by atoms with van der Waals surface area (Å²) < 4.78 is 5.28. The number of Topliss-reactive ketones (excluding diaryl/α,β-unsaturated/α-hetero) is 1. The number of ketones is 1. The minimum atomic E-state index is -1.56. The zero-order valence-electron chi connectivity index (χ0n) is 28.9. The van der Waals surface area contributed by atoms with Crippen LogP contribution in [0.15, 0.2) is 40.6 Å². The van der Waals surface area contributed by atoms with Crippen LogP contribution in [0.1, 0.15) is 73.7 Å². The highest BCUT2D eigenvalue weighted by molar-refractivity contribution is 6.31. The molecule has 4 N–H and O–H groups in total. The summed E-state index contributed by atoms with van der Waals surface area (Å²) in [5, 5.41) is 26.3. The third-order valence-electron chi connectivity index (χ3n) is 7.82. The molecule has 0 aliphatic heterocycles. The number of amides is 3. The van der Waals surface area contributed by atoms with Gasteiger partial charge in [-0.05, 0) is 88.9 Å². The normalized spacial score (nSPS) is 12.0. The molecule has 0 fully saturated rings. The number of carbonyl (C=O) groups excluding carboxylic acids is 4. The Morgan fingerprint density at radius 1 is 0.854 bits per heavy atom. The summed E-state index contributed by atoms with van der Waals surface area (Å²) in [7, 11) is 1.38. The van der Waals surface area contributed by atoms with Crippen molar-refractivity contribution in [1.29, 1.82) is 0 Å². The van der Waals surface area contributed by atoms with Gasteiger partial charge in [0.25, 0.3) is 17.7 Å². The van der Waals surface area contributed by atoms with Crippen LogP contribution in [-0.4, -0.2) is 104 Å².